The van der Waals surface area contributed by atoms with Crippen LogP contribution in [0.3, 0.4) is 0 Å². The Morgan fingerprint density at radius 1 is 1.03 bits per heavy atom. The minimum atomic E-state index is -0.167. The quantitative estimate of drug-likeness (QED) is 0.297. The first-order chi connectivity index (χ1) is 17.0. The number of fused-ring (bicyclic) bond motifs is 2. The smallest absolute Gasteiger partial charge is 0.173 e. The molecule has 5 nitrogen and oxygen atoms in total. The van der Waals surface area contributed by atoms with Gasteiger partial charge >= 0.3 is 0 Å². The van der Waals surface area contributed by atoms with Gasteiger partial charge < -0.3 is 15.7 Å². The minimum Gasteiger partial charge on any atom is -0.508 e. The zero-order chi connectivity index (χ0) is 24.4. The molecule has 4 aromatic rings. The molecule has 1 aliphatic heterocycles. The van der Waals surface area contributed by atoms with Crippen LogP contribution in [0, 0.1) is 12.7 Å². The van der Waals surface area contributed by atoms with Gasteiger partial charge in [-0.25, -0.2) is 9.37 Å². The number of phenolic OH excluding ortho intramolecular Hbond substituents is 1. The number of hydrogen-bond acceptors (Lipinski definition) is 5. The predicted molar refractivity (Wildman–Crippen MR) is 137 cm³/mol. The average molecular weight is 468 g/mol. The number of ketones is 1. The molecule has 2 heterocycles. The zero-order valence-electron chi connectivity index (χ0n) is 19.4. The molecule has 5 rings (SSSR count). The van der Waals surface area contributed by atoms with Crippen molar-refractivity contribution in [3.8, 4) is 5.75 Å². The number of aromatic nitrogens is 1. The summed E-state index contributed by atoms with van der Waals surface area (Å²) < 4.78 is 13.9. The third kappa shape index (κ3) is 4.87. The molecule has 0 fully saturated rings. The molecule has 3 aromatic carbocycles. The molecule has 0 bridgehead atoms. The number of Topliss-reactive ketones (excluding diaryl/α,β-unsaturated/α-hetero) is 1. The number of carbonyl (C=O) groups is 1. The van der Waals surface area contributed by atoms with Crippen LogP contribution in [0.1, 0.15) is 39.0 Å². The van der Waals surface area contributed by atoms with Crippen molar-refractivity contribution in [2.24, 2.45) is 0 Å². The maximum absolute atomic E-state index is 13.9. The van der Waals surface area contributed by atoms with E-state index in [4.69, 9.17) is 0 Å². The fourth-order valence-electron chi connectivity index (χ4n) is 4.48. The van der Waals surface area contributed by atoms with Crippen molar-refractivity contribution in [1.82, 2.24) is 4.98 Å². The largest absolute Gasteiger partial charge is 0.508 e. The molecule has 0 saturated heterocycles. The Morgan fingerprint density at radius 3 is 2.74 bits per heavy atom. The number of hydrogen-bond donors (Lipinski definition) is 3. The molecule has 3 N–H and O–H groups in total. The van der Waals surface area contributed by atoms with Gasteiger partial charge in [0.2, 0.25) is 0 Å². The maximum Gasteiger partial charge on any atom is 0.173 e. The van der Waals surface area contributed by atoms with E-state index in [0.29, 0.717) is 23.5 Å². The van der Waals surface area contributed by atoms with Gasteiger partial charge in [0.15, 0.2) is 5.78 Å². The number of nitrogens with zero attached hydrogens (tertiary/aromatic N) is 1. The van der Waals surface area contributed by atoms with E-state index in [1.807, 2.05) is 37.3 Å². The van der Waals surface area contributed by atoms with Gasteiger partial charge in [0, 0.05) is 30.1 Å². The number of pyridine rings is 1. The van der Waals surface area contributed by atoms with Crippen LogP contribution in [0.25, 0.3) is 0 Å². The number of aromatic hydroxyl groups is 1. The maximum atomic E-state index is 13.9. The molecule has 0 atom stereocenters. The van der Waals surface area contributed by atoms with E-state index in [2.05, 4.69) is 21.7 Å². The number of benzene rings is 3. The van der Waals surface area contributed by atoms with E-state index >= 15 is 0 Å². The fraction of sp³-hybridized carbons (Fsp3) is 0.172. The summed E-state index contributed by atoms with van der Waals surface area (Å²) in [5, 5.41) is 16.5. The highest BCUT2D eigenvalue weighted by molar-refractivity contribution is 6.09. The van der Waals surface area contributed by atoms with Crippen molar-refractivity contribution in [2.45, 2.75) is 32.6 Å². The summed E-state index contributed by atoms with van der Waals surface area (Å²) in [5.74, 6) is 0.449. The fourth-order valence-corrected chi connectivity index (χ4v) is 4.48. The normalized spacial score (nSPS) is 12.3. The van der Waals surface area contributed by atoms with Crippen LogP contribution in [0.4, 0.5) is 27.3 Å². The summed E-state index contributed by atoms with van der Waals surface area (Å²) in [6.07, 6.45) is 4.18. The number of nitrogens with one attached hydrogen (secondary N) is 2. The van der Waals surface area contributed by atoms with Crippen LogP contribution < -0.4 is 10.6 Å². The summed E-state index contributed by atoms with van der Waals surface area (Å²) in [6.45, 7) is 1.94. The molecule has 0 saturated carbocycles. The van der Waals surface area contributed by atoms with Crippen molar-refractivity contribution < 1.29 is 14.3 Å². The lowest BCUT2D eigenvalue weighted by Crippen LogP contribution is -2.08. The van der Waals surface area contributed by atoms with E-state index < -0.39 is 0 Å². The highest BCUT2D eigenvalue weighted by Gasteiger charge is 2.24. The van der Waals surface area contributed by atoms with Crippen molar-refractivity contribution in [3.63, 3.8) is 0 Å². The first-order valence-corrected chi connectivity index (χ1v) is 11.7. The molecule has 0 radical (unpaired) electrons. The second-order valence-electron chi connectivity index (χ2n) is 8.87. The standard InChI is InChI=1S/C29H26FN3O2/c1-18-9-11-22(34)17-26(18)32-25-13-14-31-29-28(25)27(35)16-21-15-19(10-12-24(21)33-29)5-4-7-20-6-2-3-8-23(20)30/h2-3,6,8-15,17,34H,4-5,7,16H2,1H3,(H2,31,32,33). The summed E-state index contributed by atoms with van der Waals surface area (Å²) in [7, 11) is 0. The molecule has 0 unspecified atom stereocenters. The van der Waals surface area contributed by atoms with Crippen molar-refractivity contribution in [3.05, 3.63) is 107 Å². The number of aryl methyl sites for hydroxylation is 3. The van der Waals surface area contributed by atoms with Gasteiger partial charge in [-0.1, -0.05) is 36.4 Å². The summed E-state index contributed by atoms with van der Waals surface area (Å²) in [6, 6.07) is 19.8. The molecule has 0 aliphatic carbocycles. The Morgan fingerprint density at radius 2 is 1.89 bits per heavy atom. The summed E-state index contributed by atoms with van der Waals surface area (Å²) in [4.78, 5) is 17.8. The Labute approximate surface area is 203 Å². The zero-order valence-corrected chi connectivity index (χ0v) is 19.4. The highest BCUT2D eigenvalue weighted by Crippen LogP contribution is 2.35. The second kappa shape index (κ2) is 9.58. The predicted octanol–water partition coefficient (Wildman–Crippen LogP) is 6.64. The SMILES string of the molecule is Cc1ccc(O)cc1Nc1ccnc2c1C(=O)Cc1cc(CCCc3ccccc3F)ccc1N2. The monoisotopic (exact) mass is 467 g/mol. The van der Waals surface area contributed by atoms with Gasteiger partial charge in [-0.3, -0.25) is 4.79 Å². The van der Waals surface area contributed by atoms with Crippen LogP contribution in [0.15, 0.2) is 72.9 Å². The van der Waals surface area contributed by atoms with E-state index in [-0.39, 0.29) is 23.8 Å². The Bertz CT molecular complexity index is 1420. The topological polar surface area (TPSA) is 74.2 Å². The highest BCUT2D eigenvalue weighted by atomic mass is 19.1. The number of anilines is 4. The van der Waals surface area contributed by atoms with E-state index in [1.54, 1.807) is 30.5 Å². The van der Waals surface area contributed by atoms with Crippen molar-refractivity contribution in [1.29, 1.82) is 0 Å². The number of rotatable bonds is 6. The van der Waals surface area contributed by atoms with Gasteiger partial charge in [0.1, 0.15) is 17.4 Å². The molecular formula is C29H26FN3O2. The van der Waals surface area contributed by atoms with Crippen LogP contribution in [0.2, 0.25) is 0 Å². The van der Waals surface area contributed by atoms with Gasteiger partial charge in [-0.15, -0.1) is 0 Å². The van der Waals surface area contributed by atoms with Crippen LogP contribution in [-0.2, 0) is 19.3 Å². The van der Waals surface area contributed by atoms with Gasteiger partial charge in [-0.05, 0) is 72.7 Å². The third-order valence-corrected chi connectivity index (χ3v) is 6.36. The molecule has 0 spiro atoms. The number of halogens is 1. The van der Waals surface area contributed by atoms with Crippen molar-refractivity contribution >= 4 is 28.7 Å². The first kappa shape index (κ1) is 22.6. The minimum absolute atomic E-state index is 0.0387. The molecule has 35 heavy (non-hydrogen) atoms. The van der Waals surface area contributed by atoms with Crippen molar-refractivity contribution in [2.75, 3.05) is 10.6 Å². The molecular weight excluding hydrogens is 441 g/mol. The second-order valence-corrected chi connectivity index (χ2v) is 8.87. The molecule has 176 valence electrons. The Balaban J connectivity index is 1.36. The van der Waals surface area contributed by atoms with E-state index in [1.165, 1.54) is 6.07 Å². The Hall–Kier alpha value is -4.19. The Kier molecular flexibility index (Phi) is 6.19. The van der Waals surface area contributed by atoms with Crippen LogP contribution >= 0.6 is 0 Å². The van der Waals surface area contributed by atoms with Gasteiger partial charge in [0.25, 0.3) is 0 Å². The lowest BCUT2D eigenvalue weighted by atomic mass is 9.98. The third-order valence-electron chi connectivity index (χ3n) is 6.36. The summed E-state index contributed by atoms with van der Waals surface area (Å²) >= 11 is 0. The molecule has 1 aromatic heterocycles. The van der Waals surface area contributed by atoms with Gasteiger partial charge in [0.05, 0.1) is 11.3 Å². The number of phenols is 1. The van der Waals surface area contributed by atoms with Crippen LogP contribution in [-0.4, -0.2) is 15.9 Å². The van der Waals surface area contributed by atoms with E-state index in [9.17, 15) is 14.3 Å². The molecule has 6 heteroatoms. The van der Waals surface area contributed by atoms with Crippen LogP contribution in [0.5, 0.6) is 5.75 Å². The molecule has 1 aliphatic rings. The van der Waals surface area contributed by atoms with E-state index in [0.717, 1.165) is 46.5 Å². The lowest BCUT2D eigenvalue weighted by molar-refractivity contribution is 0.0995. The average Bonchev–Trinajstić information content (AvgIpc) is 2.98. The summed E-state index contributed by atoms with van der Waals surface area (Å²) in [5.41, 5.74) is 6.41. The molecule has 0 amide bonds. The first-order valence-electron chi connectivity index (χ1n) is 11.7. The number of carbonyl (C=O) groups excluding carboxylic acids is 1. The van der Waals surface area contributed by atoms with Gasteiger partial charge in [-0.2, -0.15) is 0 Å². The lowest BCUT2D eigenvalue weighted by Gasteiger charge is -2.15.